The molecule has 0 bridgehead atoms. The summed E-state index contributed by atoms with van der Waals surface area (Å²) in [5, 5.41) is 0. The highest BCUT2D eigenvalue weighted by Crippen LogP contribution is 2.18. The zero-order valence-corrected chi connectivity index (χ0v) is 18.3. The van der Waals surface area contributed by atoms with Crippen LogP contribution in [0.3, 0.4) is 0 Å². The molecule has 2 aromatic rings. The zero-order valence-electron chi connectivity index (χ0n) is 15.1. The van der Waals surface area contributed by atoms with Gasteiger partial charge >= 0.3 is 0 Å². The number of hydrogen-bond donors (Lipinski definition) is 2. The van der Waals surface area contributed by atoms with Gasteiger partial charge in [0.25, 0.3) is 0 Å². The van der Waals surface area contributed by atoms with Crippen LogP contribution < -0.4 is 11.5 Å². The number of nitrogen functional groups attached to an aromatic ring is 2. The largest absolute Gasteiger partial charge is 0.398 e. The monoisotopic (exact) mass is 472 g/mol. The summed E-state index contributed by atoms with van der Waals surface area (Å²) in [5.74, 6) is 2.53. The van der Waals surface area contributed by atoms with Crippen molar-refractivity contribution in [1.82, 2.24) is 0 Å². The maximum atomic E-state index is 13.3. The van der Waals surface area contributed by atoms with Gasteiger partial charge in [0.1, 0.15) is 19.7 Å². The van der Waals surface area contributed by atoms with Crippen LogP contribution in [0, 0.1) is 40.5 Å². The molecule has 25 heavy (non-hydrogen) atoms. The van der Waals surface area contributed by atoms with Crippen molar-refractivity contribution in [3.05, 3.63) is 56.2 Å². The molecule has 0 aliphatic carbocycles. The van der Waals surface area contributed by atoms with E-state index in [1.54, 1.807) is 26.0 Å². The Morgan fingerprint density at radius 2 is 1.36 bits per heavy atom. The Bertz CT molecular complexity index is 784. The second-order valence-corrected chi connectivity index (χ2v) is 12.7. The first-order valence-corrected chi connectivity index (χ1v) is 12.3. The minimum atomic E-state index is -1.43. The number of nitrogens with two attached hydrogens (primary N) is 2. The van der Waals surface area contributed by atoms with Crippen LogP contribution in [0.4, 0.5) is 20.2 Å². The Labute approximate surface area is 163 Å². The van der Waals surface area contributed by atoms with Crippen molar-refractivity contribution >= 4 is 42.0 Å². The van der Waals surface area contributed by atoms with E-state index in [4.69, 9.17) is 11.5 Å². The molecule has 2 aromatic carbocycles. The third-order valence-corrected chi connectivity index (χ3v) is 4.99. The number of halogens is 3. The van der Waals surface area contributed by atoms with Crippen LogP contribution in [0.15, 0.2) is 24.3 Å². The molecule has 0 aliphatic heterocycles. The van der Waals surface area contributed by atoms with Gasteiger partial charge in [-0.3, -0.25) is 0 Å². The van der Waals surface area contributed by atoms with E-state index >= 15 is 0 Å². The highest BCUT2D eigenvalue weighted by molar-refractivity contribution is 14.1. The lowest BCUT2D eigenvalue weighted by Gasteiger charge is -2.05. The summed E-state index contributed by atoms with van der Waals surface area (Å²) in [6.07, 6.45) is 0. The standard InChI is InChI=1S/C12H16FNSi.C7H7FIN/c1-9-7-12(14)10(8-11(9)13)5-6-15(2,3)4;1-4-2-7(10)6(9)3-5(4)8/h7-8H,14H2,1-4H3;2-3H,10H2,1H3. The van der Waals surface area contributed by atoms with Gasteiger partial charge in [0, 0.05) is 20.5 Å². The second-order valence-electron chi connectivity index (χ2n) is 6.81. The molecule has 0 radical (unpaired) electrons. The molecule has 4 N–H and O–H groups in total. The van der Waals surface area contributed by atoms with Gasteiger partial charge in [-0.05, 0) is 71.8 Å². The average Bonchev–Trinajstić information content (AvgIpc) is 2.47. The Kier molecular flexibility index (Phi) is 7.44. The molecule has 0 saturated heterocycles. The molecule has 0 unspecified atom stereocenters. The summed E-state index contributed by atoms with van der Waals surface area (Å²) in [4.78, 5) is 0. The predicted molar refractivity (Wildman–Crippen MR) is 114 cm³/mol. The first kappa shape index (κ1) is 21.4. The fourth-order valence-corrected chi connectivity index (χ4v) is 2.69. The molecule has 0 heterocycles. The van der Waals surface area contributed by atoms with E-state index in [2.05, 4.69) is 31.1 Å². The first-order chi connectivity index (χ1) is 11.4. The number of benzene rings is 2. The van der Waals surface area contributed by atoms with Crippen LogP contribution in [0.2, 0.25) is 19.6 Å². The number of hydrogen-bond acceptors (Lipinski definition) is 2. The third-order valence-electron chi connectivity index (χ3n) is 3.18. The number of anilines is 2. The summed E-state index contributed by atoms with van der Waals surface area (Å²) in [5.41, 5.74) is 17.4. The molecule has 0 fully saturated rings. The minimum Gasteiger partial charge on any atom is -0.398 e. The normalized spacial score (nSPS) is 10.4. The highest BCUT2D eigenvalue weighted by Gasteiger charge is 2.08. The van der Waals surface area contributed by atoms with Gasteiger partial charge in [0.05, 0.1) is 0 Å². The van der Waals surface area contributed by atoms with Gasteiger partial charge in [-0.2, -0.15) is 0 Å². The molecule has 6 heteroatoms. The van der Waals surface area contributed by atoms with Gasteiger partial charge < -0.3 is 11.5 Å². The SMILES string of the molecule is Cc1cc(N)c(C#C[Si](C)(C)C)cc1F.Cc1cc(N)c(I)cc1F. The zero-order chi connectivity index (χ0) is 19.4. The Morgan fingerprint density at radius 3 is 1.84 bits per heavy atom. The maximum absolute atomic E-state index is 13.3. The molecule has 0 atom stereocenters. The lowest BCUT2D eigenvalue weighted by Crippen LogP contribution is -2.16. The van der Waals surface area contributed by atoms with Crippen molar-refractivity contribution in [1.29, 1.82) is 0 Å². The van der Waals surface area contributed by atoms with Crippen LogP contribution in [-0.2, 0) is 0 Å². The van der Waals surface area contributed by atoms with E-state index < -0.39 is 8.07 Å². The van der Waals surface area contributed by atoms with E-state index in [9.17, 15) is 8.78 Å². The fraction of sp³-hybridized carbons (Fsp3) is 0.263. The van der Waals surface area contributed by atoms with Crippen molar-refractivity contribution in [3.63, 3.8) is 0 Å². The van der Waals surface area contributed by atoms with Crippen LogP contribution in [0.5, 0.6) is 0 Å². The topological polar surface area (TPSA) is 52.0 Å². The summed E-state index contributed by atoms with van der Waals surface area (Å²) < 4.78 is 26.7. The molecule has 134 valence electrons. The summed E-state index contributed by atoms with van der Waals surface area (Å²) in [6.45, 7) is 9.81. The molecular weight excluding hydrogens is 449 g/mol. The Balaban J connectivity index is 0.000000271. The minimum absolute atomic E-state index is 0.196. The van der Waals surface area contributed by atoms with Crippen molar-refractivity contribution in [2.75, 3.05) is 11.5 Å². The van der Waals surface area contributed by atoms with Crippen molar-refractivity contribution in [3.8, 4) is 11.5 Å². The van der Waals surface area contributed by atoms with Gasteiger partial charge in [0.2, 0.25) is 0 Å². The smallest absolute Gasteiger partial charge is 0.129 e. The van der Waals surface area contributed by atoms with Gasteiger partial charge in [-0.15, -0.1) is 5.54 Å². The van der Waals surface area contributed by atoms with Crippen LogP contribution in [-0.4, -0.2) is 8.07 Å². The summed E-state index contributed by atoms with van der Waals surface area (Å²) in [6, 6.07) is 6.11. The van der Waals surface area contributed by atoms with Crippen molar-refractivity contribution in [2.24, 2.45) is 0 Å². The van der Waals surface area contributed by atoms with Crippen LogP contribution >= 0.6 is 22.6 Å². The van der Waals surface area contributed by atoms with E-state index in [0.29, 0.717) is 28.1 Å². The van der Waals surface area contributed by atoms with Crippen LogP contribution in [0.25, 0.3) is 0 Å². The highest BCUT2D eigenvalue weighted by atomic mass is 127. The molecule has 0 aliphatic rings. The summed E-state index contributed by atoms with van der Waals surface area (Å²) >= 11 is 2.00. The molecule has 0 amide bonds. The average molecular weight is 472 g/mol. The predicted octanol–water partition coefficient (Wildman–Crippen LogP) is 5.27. The summed E-state index contributed by atoms with van der Waals surface area (Å²) in [7, 11) is -1.43. The second kappa shape index (κ2) is 8.67. The van der Waals surface area contributed by atoms with Gasteiger partial charge in [0.15, 0.2) is 0 Å². The van der Waals surface area contributed by atoms with Crippen LogP contribution in [0.1, 0.15) is 16.7 Å². The van der Waals surface area contributed by atoms with E-state index in [1.165, 1.54) is 12.1 Å². The van der Waals surface area contributed by atoms with Crippen molar-refractivity contribution < 1.29 is 8.78 Å². The Hall–Kier alpha value is -1.59. The van der Waals surface area contributed by atoms with Gasteiger partial charge in [-0.25, -0.2) is 8.78 Å². The van der Waals surface area contributed by atoms with Gasteiger partial charge in [-0.1, -0.05) is 25.6 Å². The maximum Gasteiger partial charge on any atom is 0.129 e. The van der Waals surface area contributed by atoms with E-state index in [1.807, 2.05) is 22.6 Å². The lowest BCUT2D eigenvalue weighted by molar-refractivity contribution is 0.617. The third kappa shape index (κ3) is 7.04. The van der Waals surface area contributed by atoms with Crippen molar-refractivity contribution in [2.45, 2.75) is 33.5 Å². The molecule has 0 aromatic heterocycles. The number of rotatable bonds is 0. The molecule has 0 saturated carbocycles. The lowest BCUT2D eigenvalue weighted by atomic mass is 10.1. The number of aryl methyl sites for hydroxylation is 2. The van der Waals surface area contributed by atoms with E-state index in [-0.39, 0.29) is 11.6 Å². The molecule has 0 spiro atoms. The molecular formula is C19H23F2IN2Si. The van der Waals surface area contributed by atoms with E-state index in [0.717, 1.165) is 3.57 Å². The quantitative estimate of drug-likeness (QED) is 0.238. The Morgan fingerprint density at radius 1 is 0.880 bits per heavy atom. The molecule has 2 rings (SSSR count). The molecule has 2 nitrogen and oxygen atoms in total. The fourth-order valence-electron chi connectivity index (χ4n) is 1.75. The first-order valence-electron chi connectivity index (χ1n) is 7.70.